The number of carbonyl (C=O) groups excluding carboxylic acids is 2. The monoisotopic (exact) mass is 428 g/mol. The molecule has 1 aliphatic rings. The fourth-order valence-corrected chi connectivity index (χ4v) is 3.58. The van der Waals surface area contributed by atoms with Gasteiger partial charge >= 0.3 is 11.9 Å². The molecule has 0 saturated carbocycles. The average molecular weight is 428 g/mol. The lowest BCUT2D eigenvalue weighted by molar-refractivity contribution is -0.148. The smallest absolute Gasteiger partial charge is 0.336 e. The summed E-state index contributed by atoms with van der Waals surface area (Å²) in [6, 6.07) is 8.93. The van der Waals surface area contributed by atoms with Gasteiger partial charge in [0.2, 0.25) is 6.29 Å². The second kappa shape index (κ2) is 10.8. The van der Waals surface area contributed by atoms with Crippen LogP contribution in [-0.2, 0) is 28.5 Å². The number of carbonyl (C=O) groups is 2. The van der Waals surface area contributed by atoms with Gasteiger partial charge in [-0.3, -0.25) is 9.79 Å². The Morgan fingerprint density at radius 3 is 2.35 bits per heavy atom. The van der Waals surface area contributed by atoms with E-state index in [-0.39, 0.29) is 23.8 Å². The highest BCUT2D eigenvalue weighted by Crippen LogP contribution is 2.42. The molecule has 1 aromatic rings. The van der Waals surface area contributed by atoms with Crippen molar-refractivity contribution in [1.82, 2.24) is 0 Å². The molecule has 0 aliphatic carbocycles. The first-order valence-electron chi connectivity index (χ1n) is 9.89. The zero-order valence-corrected chi connectivity index (χ0v) is 18.7. The zero-order chi connectivity index (χ0) is 23.1. The molecule has 1 heterocycles. The summed E-state index contributed by atoms with van der Waals surface area (Å²) in [5.41, 5.74) is 1.54. The van der Waals surface area contributed by atoms with Gasteiger partial charge in [0, 0.05) is 25.8 Å². The zero-order valence-electron chi connectivity index (χ0n) is 18.7. The average Bonchev–Trinajstić information content (AvgIpc) is 2.77. The fraction of sp³-hybridized carbons (Fsp3) is 0.478. The van der Waals surface area contributed by atoms with Gasteiger partial charge in [-0.25, -0.2) is 4.79 Å². The molecule has 0 radical (unpaired) electrons. The van der Waals surface area contributed by atoms with E-state index >= 15 is 0 Å². The summed E-state index contributed by atoms with van der Waals surface area (Å²) in [6.45, 7) is 5.76. The molecule has 2 rings (SSSR count). The van der Waals surface area contributed by atoms with Crippen molar-refractivity contribution in [3.05, 3.63) is 46.7 Å². The molecule has 0 N–H and O–H groups in total. The minimum atomic E-state index is -0.964. The molecule has 0 saturated heterocycles. The fourth-order valence-electron chi connectivity index (χ4n) is 3.58. The Labute approximate surface area is 182 Å². The summed E-state index contributed by atoms with van der Waals surface area (Å²) >= 11 is 0. The SMILES string of the molecule is COC(=O)C1=C(C(OC)OC)N=C(C)C(C(=O)OCC(C)C)C1c1ccccc1C#N. The molecule has 0 fully saturated rings. The van der Waals surface area contributed by atoms with Crippen LogP contribution >= 0.6 is 0 Å². The lowest BCUT2D eigenvalue weighted by atomic mass is 9.74. The first-order valence-corrected chi connectivity index (χ1v) is 9.89. The minimum Gasteiger partial charge on any atom is -0.466 e. The molecule has 1 aromatic carbocycles. The van der Waals surface area contributed by atoms with Gasteiger partial charge in [-0.05, 0) is 24.5 Å². The Bertz CT molecular complexity index is 924. The number of esters is 2. The topological polar surface area (TPSA) is 107 Å². The van der Waals surface area contributed by atoms with Crippen molar-refractivity contribution in [3.63, 3.8) is 0 Å². The maximum absolute atomic E-state index is 13.1. The normalized spacial score (nSPS) is 18.6. The Balaban J connectivity index is 2.79. The van der Waals surface area contributed by atoms with E-state index in [1.807, 2.05) is 13.8 Å². The number of rotatable bonds is 8. The van der Waals surface area contributed by atoms with Crippen LogP contribution in [0.25, 0.3) is 0 Å². The predicted molar refractivity (Wildman–Crippen MR) is 113 cm³/mol. The third kappa shape index (κ3) is 5.19. The number of ether oxygens (including phenoxy) is 4. The van der Waals surface area contributed by atoms with Crippen LogP contribution in [0.2, 0.25) is 0 Å². The number of nitrogens with zero attached hydrogens (tertiary/aromatic N) is 2. The van der Waals surface area contributed by atoms with E-state index in [1.165, 1.54) is 21.3 Å². The number of hydrogen-bond acceptors (Lipinski definition) is 8. The van der Waals surface area contributed by atoms with Crippen LogP contribution in [0.5, 0.6) is 0 Å². The molecule has 31 heavy (non-hydrogen) atoms. The van der Waals surface area contributed by atoms with Gasteiger partial charge in [0.05, 0.1) is 30.9 Å². The van der Waals surface area contributed by atoms with Crippen molar-refractivity contribution in [1.29, 1.82) is 5.26 Å². The van der Waals surface area contributed by atoms with Crippen LogP contribution in [0, 0.1) is 23.2 Å². The molecule has 166 valence electrons. The van der Waals surface area contributed by atoms with Gasteiger partial charge in [-0.1, -0.05) is 32.0 Å². The van der Waals surface area contributed by atoms with Crippen LogP contribution in [0.15, 0.2) is 40.5 Å². The quantitative estimate of drug-likeness (QED) is 0.463. The van der Waals surface area contributed by atoms with Gasteiger partial charge in [0.1, 0.15) is 11.6 Å². The molecule has 0 amide bonds. The maximum atomic E-state index is 13.1. The van der Waals surface area contributed by atoms with E-state index < -0.39 is 30.1 Å². The van der Waals surface area contributed by atoms with E-state index in [1.54, 1.807) is 31.2 Å². The molecule has 8 heteroatoms. The number of nitriles is 1. The summed E-state index contributed by atoms with van der Waals surface area (Å²) < 4.78 is 21.2. The molecule has 0 aromatic heterocycles. The van der Waals surface area contributed by atoms with Crippen molar-refractivity contribution in [3.8, 4) is 6.07 Å². The van der Waals surface area contributed by atoms with Crippen LogP contribution < -0.4 is 0 Å². The van der Waals surface area contributed by atoms with E-state index in [0.29, 0.717) is 16.8 Å². The lowest BCUT2D eigenvalue weighted by Gasteiger charge is -2.34. The van der Waals surface area contributed by atoms with Crippen molar-refractivity contribution < 1.29 is 28.5 Å². The van der Waals surface area contributed by atoms with E-state index in [2.05, 4.69) is 11.1 Å². The van der Waals surface area contributed by atoms with Gasteiger partial charge in [-0.15, -0.1) is 0 Å². The summed E-state index contributed by atoms with van der Waals surface area (Å²) in [5, 5.41) is 9.69. The number of benzene rings is 1. The molecule has 8 nitrogen and oxygen atoms in total. The molecule has 2 unspecified atom stereocenters. The number of aliphatic imine (C=N–C) groups is 1. The first kappa shape index (κ1) is 24.3. The highest BCUT2D eigenvalue weighted by molar-refractivity contribution is 6.07. The Morgan fingerprint density at radius 1 is 1.16 bits per heavy atom. The lowest BCUT2D eigenvalue weighted by Crippen LogP contribution is -2.39. The molecule has 2 atom stereocenters. The van der Waals surface area contributed by atoms with E-state index in [0.717, 1.165) is 0 Å². The number of methoxy groups -OCH3 is 3. The standard InChI is InChI=1S/C23H28N2O6/c1-13(2)12-31-22(27)17-14(3)25-20(23(29-5)30-6)19(21(26)28-4)18(17)16-10-8-7-9-15(16)11-24/h7-10,13,17-18,23H,12H2,1-6H3. The van der Waals surface area contributed by atoms with Gasteiger partial charge in [0.25, 0.3) is 0 Å². The summed E-state index contributed by atoms with van der Waals surface area (Å²) in [4.78, 5) is 30.6. The molecule has 0 bridgehead atoms. The molecule has 0 spiro atoms. The Kier molecular flexibility index (Phi) is 8.48. The second-order valence-corrected chi connectivity index (χ2v) is 7.53. The van der Waals surface area contributed by atoms with Gasteiger partial charge in [0.15, 0.2) is 0 Å². The summed E-state index contributed by atoms with van der Waals surface area (Å²) in [7, 11) is 4.08. The third-order valence-corrected chi connectivity index (χ3v) is 4.95. The van der Waals surface area contributed by atoms with Crippen molar-refractivity contribution >= 4 is 17.7 Å². The molecule has 1 aliphatic heterocycles. The van der Waals surface area contributed by atoms with Gasteiger partial charge in [-0.2, -0.15) is 5.26 Å². The van der Waals surface area contributed by atoms with E-state index in [4.69, 9.17) is 18.9 Å². The molecular formula is C23H28N2O6. The maximum Gasteiger partial charge on any atom is 0.336 e. The highest BCUT2D eigenvalue weighted by atomic mass is 16.7. The van der Waals surface area contributed by atoms with Crippen LogP contribution in [-0.4, -0.2) is 51.9 Å². The second-order valence-electron chi connectivity index (χ2n) is 7.53. The first-order chi connectivity index (χ1) is 14.8. The van der Waals surface area contributed by atoms with Crippen LogP contribution in [0.1, 0.15) is 37.8 Å². The third-order valence-electron chi connectivity index (χ3n) is 4.95. The summed E-state index contributed by atoms with van der Waals surface area (Å²) in [6.07, 6.45) is -0.964. The van der Waals surface area contributed by atoms with Crippen molar-refractivity contribution in [2.75, 3.05) is 27.9 Å². The predicted octanol–water partition coefficient (Wildman–Crippen LogP) is 2.98. The Hall–Kier alpha value is -3.02. The Morgan fingerprint density at radius 2 is 1.81 bits per heavy atom. The van der Waals surface area contributed by atoms with Crippen LogP contribution in [0.4, 0.5) is 0 Å². The van der Waals surface area contributed by atoms with Crippen molar-refractivity contribution in [2.45, 2.75) is 33.0 Å². The minimum absolute atomic E-state index is 0.0935. The van der Waals surface area contributed by atoms with Crippen molar-refractivity contribution in [2.24, 2.45) is 16.8 Å². The highest BCUT2D eigenvalue weighted by Gasteiger charge is 2.45. The molecular weight excluding hydrogens is 400 g/mol. The summed E-state index contributed by atoms with van der Waals surface area (Å²) in [5.74, 6) is -2.86. The van der Waals surface area contributed by atoms with Crippen LogP contribution in [0.3, 0.4) is 0 Å². The largest absolute Gasteiger partial charge is 0.466 e. The number of hydrogen-bond donors (Lipinski definition) is 0. The van der Waals surface area contributed by atoms with E-state index in [9.17, 15) is 14.9 Å². The van der Waals surface area contributed by atoms with Gasteiger partial charge < -0.3 is 18.9 Å².